The summed E-state index contributed by atoms with van der Waals surface area (Å²) in [6.45, 7) is 0.247. The summed E-state index contributed by atoms with van der Waals surface area (Å²) >= 11 is 0. The molecule has 0 spiro atoms. The molecule has 0 atom stereocenters. The summed E-state index contributed by atoms with van der Waals surface area (Å²) in [4.78, 5) is 4.77. The van der Waals surface area contributed by atoms with Crippen LogP contribution >= 0.6 is 0 Å². The molecule has 1 aromatic heterocycles. The monoisotopic (exact) mass is 412 g/mol. The normalized spacial score (nSPS) is 13.8. The highest BCUT2D eigenvalue weighted by Crippen LogP contribution is 2.24. The topological polar surface area (TPSA) is 97.0 Å². The van der Waals surface area contributed by atoms with Crippen LogP contribution in [0.2, 0.25) is 0 Å². The van der Waals surface area contributed by atoms with Crippen molar-refractivity contribution in [2.45, 2.75) is 37.0 Å². The number of benzene rings is 2. The minimum Gasteiger partial charge on any atom is -0.497 e. The van der Waals surface area contributed by atoms with Gasteiger partial charge in [0, 0.05) is 18.5 Å². The minimum atomic E-state index is -3.54. The Labute approximate surface area is 170 Å². The van der Waals surface area contributed by atoms with Crippen molar-refractivity contribution in [1.82, 2.24) is 19.9 Å². The fourth-order valence-electron chi connectivity index (χ4n) is 3.54. The lowest BCUT2D eigenvalue weighted by Crippen LogP contribution is -2.26. The van der Waals surface area contributed by atoms with Crippen molar-refractivity contribution in [3.63, 3.8) is 0 Å². The third kappa shape index (κ3) is 4.49. The molecule has 7 nitrogen and oxygen atoms in total. The van der Waals surface area contributed by atoms with Crippen molar-refractivity contribution in [1.29, 1.82) is 0 Å². The van der Waals surface area contributed by atoms with E-state index in [0.29, 0.717) is 23.0 Å². The Morgan fingerprint density at radius 3 is 2.59 bits per heavy atom. The first kappa shape index (κ1) is 19.6. The number of nitrogens with zero attached hydrogens (tertiary/aromatic N) is 2. The van der Waals surface area contributed by atoms with Gasteiger partial charge in [0.15, 0.2) is 5.82 Å². The van der Waals surface area contributed by atoms with Crippen LogP contribution in [0.25, 0.3) is 11.4 Å². The highest BCUT2D eigenvalue weighted by atomic mass is 32.2. The number of H-pyrrole nitrogens is 1. The summed E-state index contributed by atoms with van der Waals surface area (Å²) in [7, 11) is -1.93. The summed E-state index contributed by atoms with van der Waals surface area (Å²) < 4.78 is 33.1. The molecule has 2 aromatic carbocycles. The molecule has 29 heavy (non-hydrogen) atoms. The number of sulfonamides is 1. The van der Waals surface area contributed by atoms with Crippen LogP contribution in [0.3, 0.4) is 0 Å². The molecule has 0 saturated carbocycles. The Balaban J connectivity index is 1.37. The number of fused-ring (bicyclic) bond motifs is 1. The number of aryl methyl sites for hydroxylation is 2. The number of rotatable bonds is 7. The van der Waals surface area contributed by atoms with E-state index in [1.807, 2.05) is 36.4 Å². The molecule has 0 aliphatic heterocycles. The van der Waals surface area contributed by atoms with Gasteiger partial charge < -0.3 is 4.74 Å². The third-order valence-corrected chi connectivity index (χ3v) is 6.62. The lowest BCUT2D eigenvalue weighted by atomic mass is 9.92. The van der Waals surface area contributed by atoms with E-state index in [1.54, 1.807) is 13.2 Å². The highest BCUT2D eigenvalue weighted by molar-refractivity contribution is 7.89. The summed E-state index contributed by atoms with van der Waals surface area (Å²) in [6.07, 6.45) is 4.70. The Bertz CT molecular complexity index is 1090. The minimum absolute atomic E-state index is 0.247. The van der Waals surface area contributed by atoms with Gasteiger partial charge >= 0.3 is 0 Å². The maximum atomic E-state index is 12.6. The molecule has 0 radical (unpaired) electrons. The van der Waals surface area contributed by atoms with Crippen molar-refractivity contribution >= 4 is 10.0 Å². The van der Waals surface area contributed by atoms with E-state index in [4.69, 9.17) is 4.74 Å². The molecule has 152 valence electrons. The van der Waals surface area contributed by atoms with Gasteiger partial charge in [0.2, 0.25) is 10.0 Å². The lowest BCUT2D eigenvalue weighted by molar-refractivity contribution is 0.415. The maximum absolute atomic E-state index is 12.6. The van der Waals surface area contributed by atoms with E-state index in [9.17, 15) is 8.42 Å². The molecule has 0 amide bonds. The highest BCUT2D eigenvalue weighted by Gasteiger charge is 2.17. The second kappa shape index (κ2) is 8.34. The Morgan fingerprint density at radius 1 is 1.07 bits per heavy atom. The molecular formula is C21H24N4O3S. The average Bonchev–Trinajstić information content (AvgIpc) is 3.22. The molecule has 3 aromatic rings. The van der Waals surface area contributed by atoms with Crippen LogP contribution in [0.4, 0.5) is 0 Å². The predicted molar refractivity (Wildman–Crippen MR) is 110 cm³/mol. The molecule has 8 heteroatoms. The molecule has 1 aliphatic rings. The average molecular weight is 413 g/mol. The molecular weight excluding hydrogens is 388 g/mol. The number of aromatic nitrogens is 3. The maximum Gasteiger partial charge on any atom is 0.240 e. The second-order valence-electron chi connectivity index (χ2n) is 7.12. The van der Waals surface area contributed by atoms with Crippen LogP contribution in [-0.2, 0) is 29.3 Å². The number of hydrogen-bond acceptors (Lipinski definition) is 5. The van der Waals surface area contributed by atoms with Crippen LogP contribution in [0.5, 0.6) is 5.75 Å². The fraction of sp³-hybridized carbons (Fsp3) is 0.333. The van der Waals surface area contributed by atoms with Gasteiger partial charge in [-0.1, -0.05) is 6.07 Å². The molecule has 0 fully saturated rings. The zero-order valence-corrected chi connectivity index (χ0v) is 17.1. The van der Waals surface area contributed by atoms with Crippen molar-refractivity contribution < 1.29 is 13.2 Å². The lowest BCUT2D eigenvalue weighted by Gasteiger charge is -2.16. The van der Waals surface area contributed by atoms with E-state index < -0.39 is 10.0 Å². The first-order chi connectivity index (χ1) is 14.0. The van der Waals surface area contributed by atoms with Gasteiger partial charge in [-0.3, -0.25) is 5.10 Å². The van der Waals surface area contributed by atoms with Crippen molar-refractivity contribution in [2.75, 3.05) is 13.7 Å². The second-order valence-corrected chi connectivity index (χ2v) is 8.89. The van der Waals surface area contributed by atoms with Crippen molar-refractivity contribution in [2.24, 2.45) is 0 Å². The van der Waals surface area contributed by atoms with Gasteiger partial charge in [0.05, 0.1) is 12.0 Å². The zero-order chi connectivity index (χ0) is 20.3. The predicted octanol–water partition coefficient (Wildman–Crippen LogP) is 2.88. The quantitative estimate of drug-likeness (QED) is 0.622. The standard InChI is InChI=1S/C21H24N4O3S/c1-28-18-9-6-16(7-10-18)21-23-20(24-25-21)12-13-22-29(26,27)19-11-8-15-4-2-3-5-17(15)14-19/h6-11,14,22H,2-5,12-13H2,1H3,(H,23,24,25). The van der Waals surface area contributed by atoms with Crippen molar-refractivity contribution in [3.8, 4) is 17.1 Å². The Kier molecular flexibility index (Phi) is 5.64. The van der Waals surface area contributed by atoms with E-state index in [2.05, 4.69) is 19.9 Å². The van der Waals surface area contributed by atoms with Crippen LogP contribution < -0.4 is 9.46 Å². The first-order valence-electron chi connectivity index (χ1n) is 9.72. The van der Waals surface area contributed by atoms with E-state index in [0.717, 1.165) is 36.1 Å². The van der Waals surface area contributed by atoms with Gasteiger partial charge in [-0.25, -0.2) is 18.1 Å². The fourth-order valence-corrected chi connectivity index (χ4v) is 4.62. The molecule has 1 heterocycles. The van der Waals surface area contributed by atoms with E-state index >= 15 is 0 Å². The van der Waals surface area contributed by atoms with Crippen LogP contribution in [-0.4, -0.2) is 37.3 Å². The van der Waals surface area contributed by atoms with Crippen LogP contribution in [0.15, 0.2) is 47.4 Å². The third-order valence-electron chi connectivity index (χ3n) is 5.16. The van der Waals surface area contributed by atoms with Gasteiger partial charge in [-0.2, -0.15) is 5.10 Å². The van der Waals surface area contributed by atoms with Crippen molar-refractivity contribution in [3.05, 3.63) is 59.4 Å². The van der Waals surface area contributed by atoms with Gasteiger partial charge in [-0.15, -0.1) is 0 Å². The number of nitrogens with one attached hydrogen (secondary N) is 2. The number of methoxy groups -OCH3 is 1. The van der Waals surface area contributed by atoms with Gasteiger partial charge in [0.25, 0.3) is 0 Å². The number of aromatic amines is 1. The van der Waals surface area contributed by atoms with Crippen LogP contribution in [0.1, 0.15) is 29.8 Å². The summed E-state index contributed by atoms with van der Waals surface area (Å²) in [5.41, 5.74) is 3.28. The molecule has 0 unspecified atom stereocenters. The molecule has 4 rings (SSSR count). The van der Waals surface area contributed by atoms with Gasteiger partial charge in [0.1, 0.15) is 11.6 Å². The van der Waals surface area contributed by atoms with E-state index in [1.165, 1.54) is 12.0 Å². The Morgan fingerprint density at radius 2 is 1.83 bits per heavy atom. The number of hydrogen-bond donors (Lipinski definition) is 2. The van der Waals surface area contributed by atoms with Crippen LogP contribution in [0, 0.1) is 0 Å². The smallest absolute Gasteiger partial charge is 0.240 e. The van der Waals surface area contributed by atoms with E-state index in [-0.39, 0.29) is 6.54 Å². The molecule has 2 N–H and O–H groups in total. The molecule has 1 aliphatic carbocycles. The summed E-state index contributed by atoms with van der Waals surface area (Å²) in [6, 6.07) is 12.9. The van der Waals surface area contributed by atoms with Gasteiger partial charge in [-0.05, 0) is 73.2 Å². The number of ether oxygens (including phenoxy) is 1. The zero-order valence-electron chi connectivity index (χ0n) is 16.3. The largest absolute Gasteiger partial charge is 0.497 e. The first-order valence-corrected chi connectivity index (χ1v) is 11.2. The molecule has 0 bridgehead atoms. The molecule has 0 saturated heterocycles. The SMILES string of the molecule is COc1ccc(-c2n[nH]c(CCNS(=O)(=O)c3ccc4c(c3)CCCC4)n2)cc1. The summed E-state index contributed by atoms with van der Waals surface area (Å²) in [5.74, 6) is 1.96. The Hall–Kier alpha value is -2.71. The summed E-state index contributed by atoms with van der Waals surface area (Å²) in [5, 5.41) is 7.08.